The van der Waals surface area contributed by atoms with Crippen LogP contribution in [0.4, 0.5) is 5.69 Å². The van der Waals surface area contributed by atoms with Crippen molar-refractivity contribution in [3.63, 3.8) is 0 Å². The first kappa shape index (κ1) is 24.3. The number of benzene rings is 3. The predicted molar refractivity (Wildman–Crippen MR) is 130 cm³/mol. The Balaban J connectivity index is 1.46. The van der Waals surface area contributed by atoms with Crippen LogP contribution >= 0.6 is 0 Å². The number of amides is 2. The third kappa shape index (κ3) is 7.68. The zero-order valence-electron chi connectivity index (χ0n) is 19.0. The lowest BCUT2D eigenvalue weighted by molar-refractivity contribution is -0.115. The van der Waals surface area contributed by atoms with E-state index in [2.05, 4.69) is 23.6 Å². The Morgan fingerprint density at radius 2 is 1.74 bits per heavy atom. The number of rotatable bonds is 11. The van der Waals surface area contributed by atoms with Crippen molar-refractivity contribution in [2.24, 2.45) is 0 Å². The molecule has 0 heterocycles. The van der Waals surface area contributed by atoms with Gasteiger partial charge in [-0.2, -0.15) is 5.26 Å². The lowest BCUT2D eigenvalue weighted by Gasteiger charge is -2.10. The Hall–Kier alpha value is -4.31. The molecule has 0 fully saturated rings. The highest BCUT2D eigenvalue weighted by molar-refractivity contribution is 5.99. The van der Waals surface area contributed by atoms with Crippen LogP contribution in [0.1, 0.15) is 41.3 Å². The highest BCUT2D eigenvalue weighted by Gasteiger charge is 2.09. The molecule has 0 bridgehead atoms. The molecule has 2 amide bonds. The molecule has 0 aromatic heterocycles. The van der Waals surface area contributed by atoms with Gasteiger partial charge in [0.05, 0.1) is 24.8 Å². The third-order valence-corrected chi connectivity index (χ3v) is 4.87. The number of nitriles is 1. The molecule has 0 radical (unpaired) electrons. The molecule has 3 rings (SSSR count). The van der Waals surface area contributed by atoms with Crippen LogP contribution in [0.2, 0.25) is 0 Å². The fraction of sp³-hybridized carbons (Fsp3) is 0.222. The smallest absolute Gasteiger partial charge is 0.251 e. The molecule has 34 heavy (non-hydrogen) atoms. The van der Waals surface area contributed by atoms with E-state index in [1.807, 2.05) is 6.07 Å². The molecular formula is C27H27N3O4. The Morgan fingerprint density at radius 3 is 2.50 bits per heavy atom. The van der Waals surface area contributed by atoms with Crippen LogP contribution in [-0.4, -0.2) is 25.0 Å². The van der Waals surface area contributed by atoms with Crippen LogP contribution in [0.15, 0.2) is 72.8 Å². The van der Waals surface area contributed by atoms with Crippen molar-refractivity contribution < 1.29 is 19.1 Å². The predicted octanol–water partition coefficient (Wildman–Crippen LogP) is 4.68. The van der Waals surface area contributed by atoms with E-state index in [4.69, 9.17) is 14.7 Å². The summed E-state index contributed by atoms with van der Waals surface area (Å²) in [4.78, 5) is 24.6. The second-order valence-electron chi connectivity index (χ2n) is 7.59. The first-order valence-corrected chi connectivity index (χ1v) is 11.1. The minimum atomic E-state index is -0.355. The number of ether oxygens (including phenoxy) is 2. The molecule has 0 aliphatic heterocycles. The van der Waals surface area contributed by atoms with Gasteiger partial charge in [0.25, 0.3) is 5.91 Å². The maximum absolute atomic E-state index is 12.3. The van der Waals surface area contributed by atoms with Crippen molar-refractivity contribution in [3.05, 3.63) is 89.5 Å². The van der Waals surface area contributed by atoms with Gasteiger partial charge in [-0.15, -0.1) is 0 Å². The summed E-state index contributed by atoms with van der Waals surface area (Å²) in [5.41, 5.74) is 2.44. The van der Waals surface area contributed by atoms with Gasteiger partial charge in [0.1, 0.15) is 18.1 Å². The molecule has 0 saturated heterocycles. The number of nitrogens with zero attached hydrogens (tertiary/aromatic N) is 1. The molecule has 3 aromatic carbocycles. The number of anilines is 1. The van der Waals surface area contributed by atoms with Crippen LogP contribution < -0.4 is 20.1 Å². The van der Waals surface area contributed by atoms with E-state index in [1.54, 1.807) is 66.7 Å². The van der Waals surface area contributed by atoms with Crippen molar-refractivity contribution in [1.29, 1.82) is 5.26 Å². The molecule has 0 atom stereocenters. The molecular weight excluding hydrogens is 430 g/mol. The number of hydrogen-bond acceptors (Lipinski definition) is 5. The van der Waals surface area contributed by atoms with Crippen molar-refractivity contribution >= 4 is 17.5 Å². The minimum absolute atomic E-state index is 0.167. The summed E-state index contributed by atoms with van der Waals surface area (Å²) < 4.78 is 11.4. The van der Waals surface area contributed by atoms with E-state index >= 15 is 0 Å². The molecule has 0 aliphatic carbocycles. The highest BCUT2D eigenvalue weighted by atomic mass is 16.5. The van der Waals surface area contributed by atoms with Gasteiger partial charge in [-0.05, 0) is 60.5 Å². The average molecular weight is 458 g/mol. The molecule has 2 N–H and O–H groups in total. The fourth-order valence-corrected chi connectivity index (χ4v) is 3.07. The second-order valence-corrected chi connectivity index (χ2v) is 7.59. The van der Waals surface area contributed by atoms with Crippen LogP contribution in [0, 0.1) is 11.3 Å². The Morgan fingerprint density at radius 1 is 0.941 bits per heavy atom. The largest absolute Gasteiger partial charge is 0.494 e. The zero-order valence-corrected chi connectivity index (χ0v) is 19.0. The van der Waals surface area contributed by atoms with E-state index in [9.17, 15) is 9.59 Å². The first-order chi connectivity index (χ1) is 16.6. The zero-order chi connectivity index (χ0) is 24.2. The van der Waals surface area contributed by atoms with E-state index < -0.39 is 0 Å². The van der Waals surface area contributed by atoms with Crippen molar-refractivity contribution in [2.45, 2.75) is 26.4 Å². The first-order valence-electron chi connectivity index (χ1n) is 11.1. The summed E-state index contributed by atoms with van der Waals surface area (Å²) >= 11 is 0. The SMILES string of the molecule is CCCCOc1ccc(C(=O)NCC(=O)Nc2cccc(OCc3cccc(C#N)c3)c2)cc1. The molecule has 0 saturated carbocycles. The summed E-state index contributed by atoms with van der Waals surface area (Å²) in [7, 11) is 0. The van der Waals surface area contributed by atoms with E-state index in [1.165, 1.54) is 0 Å². The van der Waals surface area contributed by atoms with Crippen LogP contribution in [0.3, 0.4) is 0 Å². The second kappa shape index (κ2) is 12.7. The summed E-state index contributed by atoms with van der Waals surface area (Å²) in [5.74, 6) is 0.590. The van der Waals surface area contributed by atoms with Gasteiger partial charge in [-0.1, -0.05) is 31.5 Å². The molecule has 0 spiro atoms. The number of carbonyl (C=O) groups excluding carboxylic acids is 2. The summed E-state index contributed by atoms with van der Waals surface area (Å²) in [6.45, 7) is 2.87. The molecule has 0 unspecified atom stereocenters. The lowest BCUT2D eigenvalue weighted by atomic mass is 10.1. The van der Waals surface area contributed by atoms with Gasteiger partial charge in [0.15, 0.2) is 0 Å². The Labute approximate surface area is 199 Å². The van der Waals surface area contributed by atoms with Crippen LogP contribution in [0.5, 0.6) is 11.5 Å². The third-order valence-electron chi connectivity index (χ3n) is 4.87. The minimum Gasteiger partial charge on any atom is -0.494 e. The topological polar surface area (TPSA) is 100 Å². The number of nitrogens with one attached hydrogen (secondary N) is 2. The highest BCUT2D eigenvalue weighted by Crippen LogP contribution is 2.19. The number of hydrogen-bond donors (Lipinski definition) is 2. The van der Waals surface area contributed by atoms with Crippen molar-refractivity contribution in [2.75, 3.05) is 18.5 Å². The Bertz CT molecular complexity index is 1150. The molecule has 174 valence electrons. The lowest BCUT2D eigenvalue weighted by Crippen LogP contribution is -2.32. The van der Waals surface area contributed by atoms with Gasteiger partial charge >= 0.3 is 0 Å². The number of carbonyl (C=O) groups is 2. The Kier molecular flexibility index (Phi) is 9.06. The molecule has 3 aromatic rings. The summed E-state index contributed by atoms with van der Waals surface area (Å²) in [6.07, 6.45) is 2.03. The van der Waals surface area contributed by atoms with E-state index in [0.717, 1.165) is 18.4 Å². The van der Waals surface area contributed by atoms with Gasteiger partial charge < -0.3 is 20.1 Å². The maximum atomic E-state index is 12.3. The standard InChI is InChI=1S/C27H27N3O4/c1-2-3-14-33-24-12-10-22(11-13-24)27(32)29-18-26(31)30-23-8-5-9-25(16-23)34-19-21-7-4-6-20(15-21)17-28/h4-13,15-16H,2-3,14,18-19H2,1H3,(H,29,32)(H,30,31). The summed E-state index contributed by atoms with van der Waals surface area (Å²) in [5, 5.41) is 14.4. The maximum Gasteiger partial charge on any atom is 0.251 e. The quantitative estimate of drug-likeness (QED) is 0.407. The average Bonchev–Trinajstić information content (AvgIpc) is 2.87. The van der Waals surface area contributed by atoms with Gasteiger partial charge in [0.2, 0.25) is 5.91 Å². The normalized spacial score (nSPS) is 10.1. The fourth-order valence-electron chi connectivity index (χ4n) is 3.07. The van der Waals surface area contributed by atoms with Crippen LogP contribution in [-0.2, 0) is 11.4 Å². The van der Waals surface area contributed by atoms with Gasteiger partial charge in [0, 0.05) is 17.3 Å². The summed E-state index contributed by atoms with van der Waals surface area (Å²) in [6, 6.07) is 23.1. The van der Waals surface area contributed by atoms with Crippen molar-refractivity contribution in [1.82, 2.24) is 5.32 Å². The van der Waals surface area contributed by atoms with Crippen LogP contribution in [0.25, 0.3) is 0 Å². The monoisotopic (exact) mass is 457 g/mol. The molecule has 7 nitrogen and oxygen atoms in total. The van der Waals surface area contributed by atoms with Crippen molar-refractivity contribution in [3.8, 4) is 17.6 Å². The molecule has 0 aliphatic rings. The van der Waals surface area contributed by atoms with Gasteiger partial charge in [-0.25, -0.2) is 0 Å². The van der Waals surface area contributed by atoms with E-state index in [-0.39, 0.29) is 18.4 Å². The number of unbranched alkanes of at least 4 members (excludes halogenated alkanes) is 1. The van der Waals surface area contributed by atoms with Gasteiger partial charge in [-0.3, -0.25) is 9.59 Å². The van der Waals surface area contributed by atoms with E-state index in [0.29, 0.717) is 41.5 Å². The molecule has 7 heteroatoms.